The fourth-order valence-electron chi connectivity index (χ4n) is 2.97. The van der Waals surface area contributed by atoms with Crippen molar-refractivity contribution in [1.82, 2.24) is 9.47 Å². The molecule has 0 spiro atoms. The molecule has 0 fully saturated rings. The first-order valence-electron chi connectivity index (χ1n) is 9.29. The first kappa shape index (κ1) is 21.4. The van der Waals surface area contributed by atoms with E-state index >= 15 is 0 Å². The highest BCUT2D eigenvalue weighted by atomic mass is 32.2. The minimum atomic E-state index is -3.13. The lowest BCUT2D eigenvalue weighted by atomic mass is 10.2. The van der Waals surface area contributed by atoms with Gasteiger partial charge in [-0.15, -0.1) is 0 Å². The molecule has 0 bridgehead atoms. The highest BCUT2D eigenvalue weighted by molar-refractivity contribution is 7.90. The summed E-state index contributed by atoms with van der Waals surface area (Å²) in [6.45, 7) is 8.29. The van der Waals surface area contributed by atoms with Crippen LogP contribution in [0.25, 0.3) is 10.9 Å². The topological polar surface area (TPSA) is 97.4 Å². The Morgan fingerprint density at radius 1 is 1.26 bits per heavy atom. The van der Waals surface area contributed by atoms with E-state index in [1.165, 1.54) is 0 Å². The molecule has 1 unspecified atom stereocenters. The maximum atomic E-state index is 12.2. The van der Waals surface area contributed by atoms with Gasteiger partial charge < -0.3 is 20.5 Å². The number of nitrogens with one attached hydrogen (secondary N) is 1. The molecule has 0 aliphatic carbocycles. The van der Waals surface area contributed by atoms with Crippen LogP contribution < -0.4 is 11.1 Å². The molecule has 3 N–H and O–H groups in total. The van der Waals surface area contributed by atoms with Crippen LogP contribution in [-0.2, 0) is 21.2 Å². The van der Waals surface area contributed by atoms with Crippen molar-refractivity contribution in [3.05, 3.63) is 30.5 Å². The predicted molar refractivity (Wildman–Crippen MR) is 111 cm³/mol. The number of likely N-dealkylation sites (N-methyl/N-ethyl adjacent to an activating group) is 1. The van der Waals surface area contributed by atoms with Gasteiger partial charge in [-0.05, 0) is 43.8 Å². The molecule has 7 nitrogen and oxygen atoms in total. The van der Waals surface area contributed by atoms with Gasteiger partial charge in [0.25, 0.3) is 0 Å². The average molecular weight is 395 g/mol. The number of rotatable bonds is 10. The summed E-state index contributed by atoms with van der Waals surface area (Å²) in [6, 6.07) is 6.91. The Labute approximate surface area is 161 Å². The molecule has 2 rings (SSSR count). The Morgan fingerprint density at radius 3 is 2.59 bits per heavy atom. The molecule has 1 amide bonds. The molecule has 0 saturated carbocycles. The van der Waals surface area contributed by atoms with E-state index in [4.69, 9.17) is 5.73 Å². The van der Waals surface area contributed by atoms with Crippen LogP contribution in [-0.4, -0.2) is 61.5 Å². The van der Waals surface area contributed by atoms with E-state index in [2.05, 4.69) is 34.8 Å². The number of anilines is 1. The van der Waals surface area contributed by atoms with E-state index in [-0.39, 0.29) is 18.1 Å². The number of hydrogen-bond donors (Lipinski definition) is 2. The normalized spacial score (nSPS) is 13.2. The number of benzene rings is 1. The van der Waals surface area contributed by atoms with Crippen LogP contribution in [0.4, 0.5) is 5.69 Å². The zero-order valence-electron chi connectivity index (χ0n) is 16.3. The highest BCUT2D eigenvalue weighted by Crippen LogP contribution is 2.21. The summed E-state index contributed by atoms with van der Waals surface area (Å²) in [5, 5.41) is 3.81. The Bertz CT molecular complexity index is 872. The SMILES string of the molecule is CCN(CC)CCn1ccc2cc(NC(=O)C(N)CCS(C)(=O)=O)ccc21. The molecule has 0 aliphatic rings. The molecular weight excluding hydrogens is 364 g/mol. The Kier molecular flexibility index (Phi) is 7.41. The van der Waals surface area contributed by atoms with Crippen molar-refractivity contribution in [3.8, 4) is 0 Å². The van der Waals surface area contributed by atoms with Gasteiger partial charge in [-0.3, -0.25) is 4.79 Å². The molecular formula is C19H30N4O3S. The molecule has 0 radical (unpaired) electrons. The van der Waals surface area contributed by atoms with Crippen LogP contribution in [0.1, 0.15) is 20.3 Å². The standard InChI is InChI=1S/C19H30N4O3S/c1-4-22(5-2)11-12-23-10-8-15-14-16(6-7-18(15)23)21-19(24)17(20)9-13-27(3,25)26/h6-8,10,14,17H,4-5,9,11-13,20H2,1-3H3,(H,21,24). The van der Waals surface area contributed by atoms with Crippen LogP contribution in [0, 0.1) is 0 Å². The number of aromatic nitrogens is 1. The molecule has 0 aliphatic heterocycles. The fourth-order valence-corrected chi connectivity index (χ4v) is 3.65. The van der Waals surface area contributed by atoms with Gasteiger partial charge in [-0.2, -0.15) is 0 Å². The predicted octanol–water partition coefficient (Wildman–Crippen LogP) is 1.68. The van der Waals surface area contributed by atoms with Crippen molar-refractivity contribution in [3.63, 3.8) is 0 Å². The van der Waals surface area contributed by atoms with E-state index in [0.717, 1.165) is 43.3 Å². The molecule has 1 aromatic heterocycles. The largest absolute Gasteiger partial charge is 0.346 e. The molecule has 0 saturated heterocycles. The lowest BCUT2D eigenvalue weighted by molar-refractivity contribution is -0.117. The summed E-state index contributed by atoms with van der Waals surface area (Å²) in [5.41, 5.74) is 7.57. The maximum Gasteiger partial charge on any atom is 0.241 e. The number of hydrogen-bond acceptors (Lipinski definition) is 5. The van der Waals surface area contributed by atoms with Crippen molar-refractivity contribution >= 4 is 32.3 Å². The van der Waals surface area contributed by atoms with Crippen LogP contribution in [0.5, 0.6) is 0 Å². The minimum absolute atomic E-state index is 0.101. The summed E-state index contributed by atoms with van der Waals surface area (Å²) in [7, 11) is -3.13. The quantitative estimate of drug-likeness (QED) is 0.639. The summed E-state index contributed by atoms with van der Waals surface area (Å²) in [4.78, 5) is 14.5. The molecule has 8 heteroatoms. The second-order valence-electron chi connectivity index (χ2n) is 6.82. The van der Waals surface area contributed by atoms with Gasteiger partial charge in [-0.25, -0.2) is 8.42 Å². The van der Waals surface area contributed by atoms with Gasteiger partial charge in [0.05, 0.1) is 11.8 Å². The van der Waals surface area contributed by atoms with Crippen LogP contribution in [0.2, 0.25) is 0 Å². The molecule has 2 aromatic rings. The van der Waals surface area contributed by atoms with Crippen molar-refractivity contribution < 1.29 is 13.2 Å². The monoisotopic (exact) mass is 394 g/mol. The number of sulfone groups is 1. The smallest absolute Gasteiger partial charge is 0.241 e. The molecule has 1 aromatic carbocycles. The maximum absolute atomic E-state index is 12.2. The summed E-state index contributed by atoms with van der Waals surface area (Å²) < 4.78 is 24.6. The zero-order valence-corrected chi connectivity index (χ0v) is 17.1. The van der Waals surface area contributed by atoms with E-state index in [1.54, 1.807) is 0 Å². The van der Waals surface area contributed by atoms with Gasteiger partial charge in [0.15, 0.2) is 0 Å². The van der Waals surface area contributed by atoms with E-state index < -0.39 is 15.9 Å². The Hall–Kier alpha value is -1.90. The second kappa shape index (κ2) is 9.34. The van der Waals surface area contributed by atoms with Crippen molar-refractivity contribution in [1.29, 1.82) is 0 Å². The van der Waals surface area contributed by atoms with Gasteiger partial charge in [0, 0.05) is 42.1 Å². The van der Waals surface area contributed by atoms with E-state index in [0.29, 0.717) is 5.69 Å². The van der Waals surface area contributed by atoms with Gasteiger partial charge >= 0.3 is 0 Å². The Balaban J connectivity index is 2.01. The van der Waals surface area contributed by atoms with Crippen LogP contribution in [0.15, 0.2) is 30.5 Å². The summed E-state index contributed by atoms with van der Waals surface area (Å²) in [6.07, 6.45) is 3.29. The van der Waals surface area contributed by atoms with Crippen molar-refractivity contribution in [2.45, 2.75) is 32.9 Å². The number of amides is 1. The van der Waals surface area contributed by atoms with Crippen molar-refractivity contribution in [2.75, 3.05) is 37.0 Å². The van der Waals surface area contributed by atoms with Gasteiger partial charge in [-0.1, -0.05) is 13.8 Å². The van der Waals surface area contributed by atoms with Crippen molar-refractivity contribution in [2.24, 2.45) is 5.73 Å². The fraction of sp³-hybridized carbons (Fsp3) is 0.526. The third kappa shape index (κ3) is 6.34. The number of carbonyl (C=O) groups is 1. The third-order valence-electron chi connectivity index (χ3n) is 4.73. The first-order chi connectivity index (χ1) is 12.7. The molecule has 150 valence electrons. The average Bonchev–Trinajstić information content (AvgIpc) is 3.02. The highest BCUT2D eigenvalue weighted by Gasteiger charge is 2.16. The number of fused-ring (bicyclic) bond motifs is 1. The third-order valence-corrected chi connectivity index (χ3v) is 5.70. The lowest BCUT2D eigenvalue weighted by Crippen LogP contribution is -2.37. The zero-order chi connectivity index (χ0) is 20.0. The van der Waals surface area contributed by atoms with Gasteiger partial charge in [0.1, 0.15) is 9.84 Å². The second-order valence-corrected chi connectivity index (χ2v) is 9.08. The molecule has 27 heavy (non-hydrogen) atoms. The van der Waals surface area contributed by atoms with Gasteiger partial charge in [0.2, 0.25) is 5.91 Å². The molecule has 1 heterocycles. The summed E-state index contributed by atoms with van der Waals surface area (Å²) in [5.74, 6) is -0.477. The number of nitrogens with zero attached hydrogens (tertiary/aromatic N) is 2. The minimum Gasteiger partial charge on any atom is -0.346 e. The van der Waals surface area contributed by atoms with E-state index in [1.807, 2.05) is 24.3 Å². The van der Waals surface area contributed by atoms with Crippen LogP contribution >= 0.6 is 0 Å². The van der Waals surface area contributed by atoms with Crippen LogP contribution in [0.3, 0.4) is 0 Å². The lowest BCUT2D eigenvalue weighted by Gasteiger charge is -2.18. The molecule has 1 atom stereocenters. The Morgan fingerprint density at radius 2 is 1.96 bits per heavy atom. The number of carbonyl (C=O) groups excluding carboxylic acids is 1. The van der Waals surface area contributed by atoms with E-state index in [9.17, 15) is 13.2 Å². The summed E-state index contributed by atoms with van der Waals surface area (Å²) >= 11 is 0. The first-order valence-corrected chi connectivity index (χ1v) is 11.3. The number of nitrogens with two attached hydrogens (primary N) is 1.